The van der Waals surface area contributed by atoms with Crippen LogP contribution in [0.3, 0.4) is 0 Å². The molecule has 0 aliphatic carbocycles. The van der Waals surface area contributed by atoms with Crippen molar-refractivity contribution >= 4 is 29.1 Å². The minimum atomic E-state index is -0.826. The maximum atomic E-state index is 12.3. The molecule has 0 radical (unpaired) electrons. The van der Waals surface area contributed by atoms with Gasteiger partial charge in [-0.1, -0.05) is 0 Å². The first-order valence-corrected chi connectivity index (χ1v) is 8.64. The monoisotopic (exact) mass is 338 g/mol. The van der Waals surface area contributed by atoms with Gasteiger partial charge in [0, 0.05) is 43.9 Å². The number of piperazine rings is 1. The Hall–Kier alpha value is -1.89. The van der Waals surface area contributed by atoms with Gasteiger partial charge in [0.05, 0.1) is 4.88 Å². The van der Waals surface area contributed by atoms with E-state index in [9.17, 15) is 14.4 Å². The SMILES string of the molecule is Cc1ccc(C(=O)N2CCN(C(=O)CCCCC(=O)O)CC2)s1. The standard InChI is InChI=1S/C16H22N2O4S/c1-12-6-7-13(23-12)16(22)18-10-8-17(9-11-18)14(19)4-2-3-5-15(20)21/h6-7H,2-5,8-11H2,1H3,(H,20,21). The fourth-order valence-corrected chi connectivity index (χ4v) is 3.41. The van der Waals surface area contributed by atoms with Crippen molar-refractivity contribution in [3.05, 3.63) is 21.9 Å². The summed E-state index contributed by atoms with van der Waals surface area (Å²) in [4.78, 5) is 40.3. The van der Waals surface area contributed by atoms with Crippen LogP contribution in [0.1, 0.15) is 40.2 Å². The summed E-state index contributed by atoms with van der Waals surface area (Å²) in [5.74, 6) is -0.737. The van der Waals surface area contributed by atoms with Gasteiger partial charge in [-0.2, -0.15) is 0 Å². The summed E-state index contributed by atoms with van der Waals surface area (Å²) < 4.78 is 0. The highest BCUT2D eigenvalue weighted by atomic mass is 32.1. The predicted octanol–water partition coefficient (Wildman–Crippen LogP) is 1.99. The van der Waals surface area contributed by atoms with Crippen LogP contribution in [0.2, 0.25) is 0 Å². The molecule has 0 aromatic carbocycles. The molecule has 1 aliphatic rings. The van der Waals surface area contributed by atoms with E-state index in [0.29, 0.717) is 45.4 Å². The Morgan fingerprint density at radius 3 is 2.22 bits per heavy atom. The molecule has 6 nitrogen and oxygen atoms in total. The molecular formula is C16H22N2O4S. The third kappa shape index (κ3) is 5.06. The number of aliphatic carboxylic acids is 1. The van der Waals surface area contributed by atoms with Crippen molar-refractivity contribution < 1.29 is 19.5 Å². The van der Waals surface area contributed by atoms with Crippen molar-refractivity contribution in [3.8, 4) is 0 Å². The zero-order chi connectivity index (χ0) is 16.8. The Balaban J connectivity index is 1.74. The Labute approximate surface area is 139 Å². The quantitative estimate of drug-likeness (QED) is 0.805. The summed E-state index contributed by atoms with van der Waals surface area (Å²) in [6.07, 6.45) is 1.61. The van der Waals surface area contributed by atoms with Crippen LogP contribution in [0.15, 0.2) is 12.1 Å². The van der Waals surface area contributed by atoms with Gasteiger partial charge in [-0.3, -0.25) is 14.4 Å². The third-order valence-corrected chi connectivity index (χ3v) is 4.89. The molecule has 7 heteroatoms. The Morgan fingerprint density at radius 2 is 1.65 bits per heavy atom. The van der Waals surface area contributed by atoms with E-state index in [0.717, 1.165) is 9.75 Å². The number of hydrogen-bond donors (Lipinski definition) is 1. The van der Waals surface area contributed by atoms with Crippen molar-refractivity contribution in [2.75, 3.05) is 26.2 Å². The number of aryl methyl sites for hydroxylation is 1. The molecule has 1 aliphatic heterocycles. The topological polar surface area (TPSA) is 77.9 Å². The lowest BCUT2D eigenvalue weighted by molar-refractivity contribution is -0.137. The van der Waals surface area contributed by atoms with Gasteiger partial charge in [0.1, 0.15) is 0 Å². The van der Waals surface area contributed by atoms with E-state index >= 15 is 0 Å². The normalized spacial score (nSPS) is 14.8. The lowest BCUT2D eigenvalue weighted by Crippen LogP contribution is -2.50. The Kier molecular flexibility index (Phi) is 6.15. The van der Waals surface area contributed by atoms with E-state index in [1.54, 1.807) is 9.80 Å². The fourth-order valence-electron chi connectivity index (χ4n) is 2.57. The Bertz CT molecular complexity index is 576. The van der Waals surface area contributed by atoms with Crippen LogP contribution in [-0.4, -0.2) is 58.9 Å². The van der Waals surface area contributed by atoms with Gasteiger partial charge in [-0.05, 0) is 31.9 Å². The second-order valence-electron chi connectivity index (χ2n) is 5.68. The molecule has 1 saturated heterocycles. The number of nitrogens with zero attached hydrogens (tertiary/aromatic N) is 2. The highest BCUT2D eigenvalue weighted by Gasteiger charge is 2.25. The zero-order valence-corrected chi connectivity index (χ0v) is 14.1. The smallest absolute Gasteiger partial charge is 0.303 e. The molecule has 1 fully saturated rings. The minimum absolute atomic E-state index is 0.0386. The van der Waals surface area contributed by atoms with Crippen LogP contribution in [-0.2, 0) is 9.59 Å². The van der Waals surface area contributed by atoms with Crippen molar-refractivity contribution in [2.45, 2.75) is 32.6 Å². The van der Waals surface area contributed by atoms with Crippen molar-refractivity contribution in [2.24, 2.45) is 0 Å². The molecule has 0 unspecified atom stereocenters. The van der Waals surface area contributed by atoms with Crippen LogP contribution < -0.4 is 0 Å². The van der Waals surface area contributed by atoms with Gasteiger partial charge in [-0.25, -0.2) is 0 Å². The predicted molar refractivity (Wildman–Crippen MR) is 87.6 cm³/mol. The van der Waals surface area contributed by atoms with Gasteiger partial charge in [0.25, 0.3) is 5.91 Å². The number of hydrogen-bond acceptors (Lipinski definition) is 4. The van der Waals surface area contributed by atoms with Crippen LogP contribution >= 0.6 is 11.3 Å². The molecule has 2 heterocycles. The summed E-state index contributed by atoms with van der Waals surface area (Å²) >= 11 is 1.49. The highest BCUT2D eigenvalue weighted by Crippen LogP contribution is 2.18. The molecule has 1 aromatic heterocycles. The molecule has 126 valence electrons. The summed E-state index contributed by atoms with van der Waals surface area (Å²) in [6, 6.07) is 3.79. The molecule has 1 N–H and O–H groups in total. The van der Waals surface area contributed by atoms with Gasteiger partial charge in [-0.15, -0.1) is 11.3 Å². The maximum Gasteiger partial charge on any atom is 0.303 e. The molecule has 23 heavy (non-hydrogen) atoms. The van der Waals surface area contributed by atoms with Crippen LogP contribution in [0.25, 0.3) is 0 Å². The molecule has 0 spiro atoms. The molecule has 0 saturated carbocycles. The van der Waals surface area contributed by atoms with Gasteiger partial charge < -0.3 is 14.9 Å². The number of thiophene rings is 1. The number of carbonyl (C=O) groups excluding carboxylic acids is 2. The fraction of sp³-hybridized carbons (Fsp3) is 0.562. The van der Waals surface area contributed by atoms with Gasteiger partial charge in [0.2, 0.25) is 5.91 Å². The van der Waals surface area contributed by atoms with Gasteiger partial charge >= 0.3 is 5.97 Å². The highest BCUT2D eigenvalue weighted by molar-refractivity contribution is 7.13. The van der Waals surface area contributed by atoms with Crippen molar-refractivity contribution in [1.29, 1.82) is 0 Å². The lowest BCUT2D eigenvalue weighted by Gasteiger charge is -2.34. The first-order chi connectivity index (χ1) is 11.0. The average Bonchev–Trinajstić information content (AvgIpc) is 2.97. The molecule has 2 amide bonds. The van der Waals surface area contributed by atoms with Crippen LogP contribution in [0, 0.1) is 6.92 Å². The number of carboxylic acids is 1. The molecule has 1 aromatic rings. The number of unbranched alkanes of at least 4 members (excludes halogenated alkanes) is 1. The average molecular weight is 338 g/mol. The largest absolute Gasteiger partial charge is 0.481 e. The van der Waals surface area contributed by atoms with E-state index in [4.69, 9.17) is 5.11 Å². The van der Waals surface area contributed by atoms with Crippen LogP contribution in [0.5, 0.6) is 0 Å². The summed E-state index contributed by atoms with van der Waals surface area (Å²) in [7, 11) is 0. The molecule has 2 rings (SSSR count). The maximum absolute atomic E-state index is 12.3. The summed E-state index contributed by atoms with van der Waals surface area (Å²) in [6.45, 7) is 4.18. The van der Waals surface area contributed by atoms with E-state index in [1.165, 1.54) is 11.3 Å². The van der Waals surface area contributed by atoms with Gasteiger partial charge in [0.15, 0.2) is 0 Å². The van der Waals surface area contributed by atoms with Crippen LogP contribution in [0.4, 0.5) is 0 Å². The van der Waals surface area contributed by atoms with Crippen molar-refractivity contribution in [1.82, 2.24) is 9.80 Å². The van der Waals surface area contributed by atoms with E-state index < -0.39 is 5.97 Å². The Morgan fingerprint density at radius 1 is 1.04 bits per heavy atom. The number of rotatable bonds is 6. The minimum Gasteiger partial charge on any atom is -0.481 e. The first kappa shape index (κ1) is 17.5. The van der Waals surface area contributed by atoms with Crippen molar-refractivity contribution in [3.63, 3.8) is 0 Å². The molecule has 0 bridgehead atoms. The second-order valence-corrected chi connectivity index (χ2v) is 6.97. The zero-order valence-electron chi connectivity index (χ0n) is 13.3. The van der Waals surface area contributed by atoms with E-state index in [-0.39, 0.29) is 18.2 Å². The number of amides is 2. The summed E-state index contributed by atoms with van der Waals surface area (Å²) in [5.41, 5.74) is 0. The third-order valence-electron chi connectivity index (χ3n) is 3.90. The molecular weight excluding hydrogens is 316 g/mol. The lowest BCUT2D eigenvalue weighted by atomic mass is 10.1. The first-order valence-electron chi connectivity index (χ1n) is 7.82. The number of carbonyl (C=O) groups is 3. The second kappa shape index (κ2) is 8.10. The molecule has 0 atom stereocenters. The number of carboxylic acid groups (broad SMARTS) is 1. The van der Waals surface area contributed by atoms with E-state index in [2.05, 4.69) is 0 Å². The van der Waals surface area contributed by atoms with E-state index in [1.807, 2.05) is 19.1 Å². The summed E-state index contributed by atoms with van der Waals surface area (Å²) in [5, 5.41) is 8.57.